The Morgan fingerprint density at radius 2 is 1.69 bits per heavy atom. The fourth-order valence-electron chi connectivity index (χ4n) is 2.67. The molecule has 0 aliphatic carbocycles. The highest BCUT2D eigenvalue weighted by Crippen LogP contribution is 2.09. The van der Waals surface area contributed by atoms with Crippen LogP contribution in [0.15, 0.2) is 18.5 Å². The van der Waals surface area contributed by atoms with E-state index < -0.39 is 0 Å². The van der Waals surface area contributed by atoms with Gasteiger partial charge in [-0.2, -0.15) is 0 Å². The van der Waals surface area contributed by atoms with Crippen LogP contribution in [-0.2, 0) is 4.79 Å². The van der Waals surface area contributed by atoms with Crippen molar-refractivity contribution in [2.75, 3.05) is 57.8 Å². The molecule has 1 aliphatic heterocycles. The van der Waals surface area contributed by atoms with E-state index in [2.05, 4.69) is 30.4 Å². The summed E-state index contributed by atoms with van der Waals surface area (Å²) >= 11 is 0. The molecule has 0 unspecified atom stereocenters. The summed E-state index contributed by atoms with van der Waals surface area (Å²) in [4.78, 5) is 24.8. The summed E-state index contributed by atoms with van der Waals surface area (Å²) in [6.45, 7) is 6.65. The third-order valence-electron chi connectivity index (χ3n) is 4.01. The normalized spacial score (nSPS) is 13.8. The second-order valence-corrected chi connectivity index (χ2v) is 5.79. The summed E-state index contributed by atoms with van der Waals surface area (Å²) in [5, 5.41) is 6.04. The van der Waals surface area contributed by atoms with Gasteiger partial charge >= 0.3 is 0 Å². The molecule has 1 saturated heterocycles. The van der Waals surface area contributed by atoms with Gasteiger partial charge in [0.1, 0.15) is 0 Å². The molecule has 10 heteroatoms. The molecule has 1 amide bonds. The first-order valence-corrected chi connectivity index (χ1v) is 8.45. The predicted molar refractivity (Wildman–Crippen MR) is 113 cm³/mol. The van der Waals surface area contributed by atoms with E-state index in [0.29, 0.717) is 6.42 Å². The van der Waals surface area contributed by atoms with E-state index in [1.54, 1.807) is 12.4 Å². The van der Waals surface area contributed by atoms with Crippen molar-refractivity contribution in [2.24, 2.45) is 0 Å². The molecule has 0 bridgehead atoms. The fourth-order valence-corrected chi connectivity index (χ4v) is 2.67. The Labute approximate surface area is 174 Å². The summed E-state index contributed by atoms with van der Waals surface area (Å²) in [6, 6.07) is 1.84. The second kappa shape index (κ2) is 16.3. The van der Waals surface area contributed by atoms with Crippen LogP contribution < -0.4 is 15.5 Å². The summed E-state index contributed by atoms with van der Waals surface area (Å²) in [5.74, 6) is 0.979. The van der Waals surface area contributed by atoms with Gasteiger partial charge in [-0.3, -0.25) is 9.69 Å². The van der Waals surface area contributed by atoms with Crippen LogP contribution >= 0.6 is 37.2 Å². The van der Waals surface area contributed by atoms with Crippen molar-refractivity contribution in [3.05, 3.63) is 18.5 Å². The van der Waals surface area contributed by atoms with E-state index in [1.165, 1.54) is 0 Å². The molecule has 1 aliphatic rings. The molecule has 0 aromatic carbocycles. The zero-order chi connectivity index (χ0) is 16.3. The van der Waals surface area contributed by atoms with Gasteiger partial charge < -0.3 is 15.5 Å². The Morgan fingerprint density at radius 1 is 1.04 bits per heavy atom. The number of aromatic nitrogens is 2. The smallest absolute Gasteiger partial charge is 0.225 e. The fraction of sp³-hybridized carbons (Fsp3) is 0.688. The molecule has 1 aromatic heterocycles. The lowest BCUT2D eigenvalue weighted by molar-refractivity contribution is -0.121. The lowest BCUT2D eigenvalue weighted by atomic mass is 10.2. The number of carbonyl (C=O) groups is 1. The van der Waals surface area contributed by atoms with E-state index in [9.17, 15) is 4.79 Å². The maximum atomic E-state index is 11.6. The molecule has 0 spiro atoms. The van der Waals surface area contributed by atoms with Crippen molar-refractivity contribution in [1.29, 1.82) is 0 Å². The van der Waals surface area contributed by atoms with Crippen LogP contribution in [0, 0.1) is 0 Å². The summed E-state index contributed by atoms with van der Waals surface area (Å²) in [7, 11) is 1.90. The zero-order valence-electron chi connectivity index (χ0n) is 15.2. The van der Waals surface area contributed by atoms with E-state index in [4.69, 9.17) is 0 Å². The van der Waals surface area contributed by atoms with Crippen molar-refractivity contribution in [3.63, 3.8) is 0 Å². The first-order chi connectivity index (χ1) is 11.3. The summed E-state index contributed by atoms with van der Waals surface area (Å²) in [6.07, 6.45) is 6.07. The molecule has 1 aromatic rings. The van der Waals surface area contributed by atoms with Crippen LogP contribution in [0.2, 0.25) is 0 Å². The zero-order valence-corrected chi connectivity index (χ0v) is 17.7. The van der Waals surface area contributed by atoms with Gasteiger partial charge in [-0.15, -0.1) is 37.2 Å². The minimum Gasteiger partial charge on any atom is -0.356 e. The van der Waals surface area contributed by atoms with Gasteiger partial charge in [0.2, 0.25) is 11.9 Å². The first-order valence-electron chi connectivity index (χ1n) is 8.45. The van der Waals surface area contributed by atoms with Crippen LogP contribution in [0.25, 0.3) is 0 Å². The topological polar surface area (TPSA) is 73.4 Å². The average Bonchev–Trinajstić information content (AvgIpc) is 2.60. The van der Waals surface area contributed by atoms with Crippen molar-refractivity contribution >= 4 is 49.1 Å². The number of piperazine rings is 1. The number of anilines is 1. The van der Waals surface area contributed by atoms with Gasteiger partial charge in [-0.1, -0.05) is 0 Å². The molecular formula is C16H31Cl3N6O. The molecule has 152 valence electrons. The first kappa shape index (κ1) is 27.4. The standard InChI is InChI=1S/C16H28N6O.3ClH/c1-17-6-2-5-15(23)18-9-4-10-21-11-13-22(14-12-21)16-19-7-3-8-20-16;;;/h3,7-8,17H,2,4-6,9-14H2,1H3,(H,18,23);3*1H. The van der Waals surface area contributed by atoms with Crippen molar-refractivity contribution in [2.45, 2.75) is 19.3 Å². The Morgan fingerprint density at radius 3 is 2.31 bits per heavy atom. The second-order valence-electron chi connectivity index (χ2n) is 5.79. The monoisotopic (exact) mass is 428 g/mol. The average molecular weight is 430 g/mol. The third-order valence-corrected chi connectivity index (χ3v) is 4.01. The number of rotatable bonds is 9. The maximum absolute atomic E-state index is 11.6. The van der Waals surface area contributed by atoms with Crippen LogP contribution in [0.5, 0.6) is 0 Å². The van der Waals surface area contributed by atoms with E-state index >= 15 is 0 Å². The number of carbonyl (C=O) groups excluding carboxylic acids is 1. The van der Waals surface area contributed by atoms with Crippen molar-refractivity contribution < 1.29 is 4.79 Å². The molecule has 0 saturated carbocycles. The van der Waals surface area contributed by atoms with Crippen LogP contribution in [0.1, 0.15) is 19.3 Å². The molecule has 26 heavy (non-hydrogen) atoms. The van der Waals surface area contributed by atoms with Crippen molar-refractivity contribution in [3.8, 4) is 0 Å². The molecule has 0 atom stereocenters. The van der Waals surface area contributed by atoms with Crippen molar-refractivity contribution in [1.82, 2.24) is 25.5 Å². The molecule has 2 heterocycles. The lowest BCUT2D eigenvalue weighted by Crippen LogP contribution is -2.47. The highest BCUT2D eigenvalue weighted by atomic mass is 35.5. The van der Waals surface area contributed by atoms with Crippen LogP contribution in [0.3, 0.4) is 0 Å². The van der Waals surface area contributed by atoms with Gasteiger partial charge in [0, 0.05) is 51.5 Å². The Balaban J connectivity index is 0. The predicted octanol–water partition coefficient (Wildman–Crippen LogP) is 1.37. The third kappa shape index (κ3) is 10.3. The molecule has 0 radical (unpaired) electrons. The Kier molecular flexibility index (Phi) is 17.2. The number of hydrogen-bond donors (Lipinski definition) is 2. The number of halogens is 3. The minimum absolute atomic E-state index is 0. The number of nitrogens with zero attached hydrogens (tertiary/aromatic N) is 4. The Hall–Kier alpha value is -0.860. The SMILES string of the molecule is CNCCCC(=O)NCCCN1CCN(c2ncccn2)CC1.Cl.Cl.Cl. The van der Waals surface area contributed by atoms with Gasteiger partial charge in [0.05, 0.1) is 0 Å². The van der Waals surface area contributed by atoms with E-state index in [1.807, 2.05) is 13.1 Å². The molecular weight excluding hydrogens is 399 g/mol. The number of nitrogens with one attached hydrogen (secondary N) is 2. The van der Waals surface area contributed by atoms with Gasteiger partial charge in [-0.25, -0.2) is 9.97 Å². The van der Waals surface area contributed by atoms with E-state index in [-0.39, 0.29) is 43.1 Å². The van der Waals surface area contributed by atoms with Crippen LogP contribution in [-0.4, -0.2) is 73.6 Å². The molecule has 2 N–H and O–H groups in total. The molecule has 7 nitrogen and oxygen atoms in total. The number of amides is 1. The van der Waals surface area contributed by atoms with Crippen LogP contribution in [0.4, 0.5) is 5.95 Å². The highest BCUT2D eigenvalue weighted by Gasteiger charge is 2.18. The summed E-state index contributed by atoms with van der Waals surface area (Å²) in [5.41, 5.74) is 0. The molecule has 2 rings (SSSR count). The van der Waals surface area contributed by atoms with E-state index in [0.717, 1.165) is 64.6 Å². The largest absolute Gasteiger partial charge is 0.356 e. The summed E-state index contributed by atoms with van der Waals surface area (Å²) < 4.78 is 0. The maximum Gasteiger partial charge on any atom is 0.225 e. The Bertz CT molecular complexity index is 461. The number of hydrogen-bond acceptors (Lipinski definition) is 6. The van der Waals surface area contributed by atoms with Gasteiger partial charge in [0.25, 0.3) is 0 Å². The lowest BCUT2D eigenvalue weighted by Gasteiger charge is -2.34. The van der Waals surface area contributed by atoms with Gasteiger partial charge in [-0.05, 0) is 39.0 Å². The minimum atomic E-state index is 0. The molecule has 1 fully saturated rings. The van der Waals surface area contributed by atoms with Gasteiger partial charge in [0.15, 0.2) is 0 Å². The quantitative estimate of drug-likeness (QED) is 0.578. The highest BCUT2D eigenvalue weighted by molar-refractivity contribution is 5.86.